The molecule has 0 aliphatic heterocycles. The first-order valence-corrected chi connectivity index (χ1v) is 6.89. The molecular weight excluding hydrogens is 240 g/mol. The van der Waals surface area contributed by atoms with E-state index in [2.05, 4.69) is 39.6 Å². The number of nitrogens with zero attached hydrogens (tertiary/aromatic N) is 2. The van der Waals surface area contributed by atoms with Crippen LogP contribution in [0.5, 0.6) is 0 Å². The largest absolute Gasteiger partial charge is 0.311 e. The van der Waals surface area contributed by atoms with Crippen molar-refractivity contribution in [2.75, 3.05) is 12.3 Å². The minimum Gasteiger partial charge on any atom is -0.311 e. The molecule has 2 rings (SSSR count). The number of thioether (sulfide) groups is 1. The highest BCUT2D eigenvalue weighted by Gasteiger charge is 1.97. The maximum absolute atomic E-state index is 4.05. The third-order valence-corrected chi connectivity index (χ3v) is 3.88. The molecule has 4 nitrogen and oxygen atoms in total. The molecule has 0 saturated carbocycles. The molecule has 0 fully saturated rings. The first-order valence-electron chi connectivity index (χ1n) is 5.09. The zero-order chi connectivity index (χ0) is 11.2. The topological polar surface area (TPSA) is 53.6 Å². The summed E-state index contributed by atoms with van der Waals surface area (Å²) < 4.78 is 0. The average molecular weight is 254 g/mol. The van der Waals surface area contributed by atoms with Gasteiger partial charge < -0.3 is 5.32 Å². The van der Waals surface area contributed by atoms with Gasteiger partial charge in [0.1, 0.15) is 6.33 Å². The van der Waals surface area contributed by atoms with Crippen molar-refractivity contribution in [2.24, 2.45) is 0 Å². The molecule has 0 aromatic carbocycles. The van der Waals surface area contributed by atoms with Crippen LogP contribution in [0.4, 0.5) is 0 Å². The predicted molar refractivity (Wildman–Crippen MR) is 67.9 cm³/mol. The van der Waals surface area contributed by atoms with Crippen molar-refractivity contribution < 1.29 is 0 Å². The van der Waals surface area contributed by atoms with Crippen LogP contribution in [0.25, 0.3) is 0 Å². The Bertz CT molecular complexity index is 410. The van der Waals surface area contributed by atoms with Crippen LogP contribution >= 0.6 is 23.1 Å². The van der Waals surface area contributed by atoms with Gasteiger partial charge in [-0.1, -0.05) is 11.8 Å². The molecule has 0 aliphatic rings. The maximum Gasteiger partial charge on any atom is 0.183 e. The summed E-state index contributed by atoms with van der Waals surface area (Å²) in [5, 5.41) is 10.9. The monoisotopic (exact) mass is 254 g/mol. The molecule has 2 aromatic rings. The summed E-state index contributed by atoms with van der Waals surface area (Å²) in [7, 11) is 0. The van der Waals surface area contributed by atoms with Crippen LogP contribution in [0.2, 0.25) is 0 Å². The Morgan fingerprint density at radius 1 is 1.50 bits per heavy atom. The number of aryl methyl sites for hydroxylation is 1. The number of hydrogen-bond acceptors (Lipinski definition) is 5. The van der Waals surface area contributed by atoms with Gasteiger partial charge in [0.05, 0.1) is 0 Å². The summed E-state index contributed by atoms with van der Waals surface area (Å²) in [6.45, 7) is 4.06. The molecule has 0 bridgehead atoms. The van der Waals surface area contributed by atoms with E-state index in [0.29, 0.717) is 0 Å². The first kappa shape index (κ1) is 11.6. The Kier molecular flexibility index (Phi) is 4.38. The lowest BCUT2D eigenvalue weighted by molar-refractivity contribution is 0.740. The van der Waals surface area contributed by atoms with Crippen molar-refractivity contribution in [1.82, 2.24) is 20.5 Å². The van der Waals surface area contributed by atoms with Gasteiger partial charge >= 0.3 is 0 Å². The van der Waals surface area contributed by atoms with Gasteiger partial charge in [-0.3, -0.25) is 5.10 Å². The van der Waals surface area contributed by atoms with E-state index in [0.717, 1.165) is 24.0 Å². The Balaban J connectivity index is 1.59. The normalized spacial score (nSPS) is 10.8. The fraction of sp³-hybridized carbons (Fsp3) is 0.400. The van der Waals surface area contributed by atoms with Gasteiger partial charge in [-0.25, -0.2) is 4.98 Å². The Hall–Kier alpha value is -0.850. The Morgan fingerprint density at radius 2 is 2.44 bits per heavy atom. The molecule has 0 spiro atoms. The van der Waals surface area contributed by atoms with Crippen LogP contribution in [0.3, 0.4) is 0 Å². The highest BCUT2D eigenvalue weighted by atomic mass is 32.2. The molecule has 2 aromatic heterocycles. The van der Waals surface area contributed by atoms with E-state index in [-0.39, 0.29) is 0 Å². The van der Waals surface area contributed by atoms with Crippen molar-refractivity contribution in [3.8, 4) is 0 Å². The van der Waals surface area contributed by atoms with Gasteiger partial charge in [0.25, 0.3) is 0 Å². The first-order chi connectivity index (χ1) is 7.84. The van der Waals surface area contributed by atoms with Gasteiger partial charge in [0.15, 0.2) is 5.16 Å². The van der Waals surface area contributed by atoms with E-state index in [4.69, 9.17) is 0 Å². The van der Waals surface area contributed by atoms with E-state index < -0.39 is 0 Å². The van der Waals surface area contributed by atoms with Gasteiger partial charge in [-0.15, -0.1) is 11.3 Å². The van der Waals surface area contributed by atoms with E-state index in [1.807, 2.05) is 11.3 Å². The SMILES string of the molecule is Cc1ccc(CNCCSc2ncn[nH]2)s1. The van der Waals surface area contributed by atoms with Crippen LogP contribution in [0, 0.1) is 6.92 Å². The second kappa shape index (κ2) is 6.03. The zero-order valence-corrected chi connectivity index (χ0v) is 10.7. The van der Waals surface area contributed by atoms with E-state index in [1.165, 1.54) is 16.1 Å². The minimum absolute atomic E-state index is 0.883. The van der Waals surface area contributed by atoms with Crippen LogP contribution in [-0.4, -0.2) is 27.5 Å². The summed E-state index contributed by atoms with van der Waals surface area (Å²) >= 11 is 3.52. The fourth-order valence-electron chi connectivity index (χ4n) is 1.28. The van der Waals surface area contributed by atoms with Crippen LogP contribution in [0.1, 0.15) is 9.75 Å². The molecule has 0 radical (unpaired) electrons. The number of aromatic nitrogens is 3. The van der Waals surface area contributed by atoms with Gasteiger partial charge in [-0.05, 0) is 19.1 Å². The smallest absolute Gasteiger partial charge is 0.183 e. The van der Waals surface area contributed by atoms with E-state index >= 15 is 0 Å². The summed E-state index contributed by atoms with van der Waals surface area (Å²) in [6, 6.07) is 4.33. The number of rotatable bonds is 6. The lowest BCUT2D eigenvalue weighted by atomic mass is 10.4. The lowest BCUT2D eigenvalue weighted by Gasteiger charge is -2.01. The molecule has 16 heavy (non-hydrogen) atoms. The van der Waals surface area contributed by atoms with Crippen LogP contribution in [0.15, 0.2) is 23.6 Å². The molecule has 0 amide bonds. The van der Waals surface area contributed by atoms with Gasteiger partial charge in [-0.2, -0.15) is 5.10 Å². The molecule has 0 aliphatic carbocycles. The third kappa shape index (κ3) is 3.62. The molecule has 0 unspecified atom stereocenters. The molecule has 2 heterocycles. The quantitative estimate of drug-likeness (QED) is 0.612. The highest BCUT2D eigenvalue weighted by molar-refractivity contribution is 7.99. The van der Waals surface area contributed by atoms with Crippen LogP contribution in [-0.2, 0) is 6.54 Å². The van der Waals surface area contributed by atoms with Gasteiger partial charge in [0, 0.05) is 28.6 Å². The van der Waals surface area contributed by atoms with E-state index in [1.54, 1.807) is 11.8 Å². The van der Waals surface area contributed by atoms with Crippen molar-refractivity contribution >= 4 is 23.1 Å². The summed E-state index contributed by atoms with van der Waals surface area (Å²) in [5.41, 5.74) is 0. The summed E-state index contributed by atoms with van der Waals surface area (Å²) in [6.07, 6.45) is 1.53. The zero-order valence-electron chi connectivity index (χ0n) is 9.06. The molecular formula is C10H14N4S2. The standard InChI is InChI=1S/C10H14N4S2/c1-8-2-3-9(16-8)6-11-4-5-15-10-12-7-13-14-10/h2-3,7,11H,4-6H2,1H3,(H,12,13,14). The second-order valence-electron chi connectivity index (χ2n) is 3.33. The number of nitrogens with one attached hydrogen (secondary N) is 2. The third-order valence-electron chi connectivity index (χ3n) is 2.01. The van der Waals surface area contributed by atoms with Crippen molar-refractivity contribution in [3.05, 3.63) is 28.2 Å². The number of hydrogen-bond donors (Lipinski definition) is 2. The Labute approximate surface area is 103 Å². The average Bonchev–Trinajstić information content (AvgIpc) is 2.89. The molecule has 0 atom stereocenters. The molecule has 0 saturated heterocycles. The molecule has 6 heteroatoms. The number of H-pyrrole nitrogens is 1. The van der Waals surface area contributed by atoms with Crippen molar-refractivity contribution in [2.45, 2.75) is 18.6 Å². The van der Waals surface area contributed by atoms with Crippen molar-refractivity contribution in [1.29, 1.82) is 0 Å². The lowest BCUT2D eigenvalue weighted by Crippen LogP contribution is -2.15. The van der Waals surface area contributed by atoms with Crippen LogP contribution < -0.4 is 5.32 Å². The number of thiophene rings is 1. The summed E-state index contributed by atoms with van der Waals surface area (Å²) in [4.78, 5) is 6.81. The van der Waals surface area contributed by atoms with Crippen molar-refractivity contribution in [3.63, 3.8) is 0 Å². The van der Waals surface area contributed by atoms with E-state index in [9.17, 15) is 0 Å². The highest BCUT2D eigenvalue weighted by Crippen LogP contribution is 2.14. The molecule has 86 valence electrons. The number of aromatic amines is 1. The second-order valence-corrected chi connectivity index (χ2v) is 5.78. The minimum atomic E-state index is 0.883. The molecule has 2 N–H and O–H groups in total. The summed E-state index contributed by atoms with van der Waals surface area (Å²) in [5.74, 6) is 1.000. The van der Waals surface area contributed by atoms with Gasteiger partial charge in [0.2, 0.25) is 0 Å². The fourth-order valence-corrected chi connectivity index (χ4v) is 2.81. The maximum atomic E-state index is 4.05. The predicted octanol–water partition coefficient (Wildman–Crippen LogP) is 2.06. The Morgan fingerprint density at radius 3 is 3.12 bits per heavy atom.